The van der Waals surface area contributed by atoms with Crippen molar-refractivity contribution in [1.82, 2.24) is 0 Å². The molecule has 3 heteroatoms. The van der Waals surface area contributed by atoms with Crippen molar-refractivity contribution in [1.29, 1.82) is 0 Å². The average molecular weight is 348 g/mol. The van der Waals surface area contributed by atoms with Gasteiger partial charge in [0, 0.05) is 0 Å². The summed E-state index contributed by atoms with van der Waals surface area (Å²) in [5, 5.41) is 9.26. The van der Waals surface area contributed by atoms with Gasteiger partial charge in [0.25, 0.3) is 0 Å². The van der Waals surface area contributed by atoms with Crippen LogP contribution < -0.4 is 0 Å². The number of carboxylic acids is 1. The van der Waals surface area contributed by atoms with E-state index in [2.05, 4.69) is 0 Å². The molecular weight excluding hydrogens is 328 g/mol. The van der Waals surface area contributed by atoms with Gasteiger partial charge in [-0.05, 0) is 12.0 Å². The first-order valence-electron chi connectivity index (χ1n) is 7.42. The van der Waals surface area contributed by atoms with Crippen LogP contribution in [0.5, 0.6) is 0 Å². The van der Waals surface area contributed by atoms with Gasteiger partial charge >= 0.3 is 23.0 Å². The summed E-state index contributed by atoms with van der Waals surface area (Å²) in [7, 11) is 0. The molecule has 2 nitrogen and oxygen atoms in total. The van der Waals surface area contributed by atoms with Crippen LogP contribution in [0.3, 0.4) is 0 Å². The molecular formula is C20H20FeO2. The average Bonchev–Trinajstić information content (AvgIpc) is 3.25. The zero-order valence-corrected chi connectivity index (χ0v) is 13.9. The molecule has 0 aliphatic rings. The standard InChI is InChI=1S/C15H15O2.C5H5.Fe/c16-15(17)14(13-8-2-1-3-9-13)11-10-12-6-4-5-7-12;1-2-4-5-3-1;/h1-9,14H,10-11H2,(H,16,17);1-5H;/q2*-1;+2. The molecule has 0 amide bonds. The van der Waals surface area contributed by atoms with E-state index < -0.39 is 11.9 Å². The van der Waals surface area contributed by atoms with Crippen LogP contribution in [0.25, 0.3) is 0 Å². The van der Waals surface area contributed by atoms with Gasteiger partial charge in [0.1, 0.15) is 0 Å². The van der Waals surface area contributed by atoms with E-state index in [1.165, 1.54) is 5.56 Å². The molecule has 1 unspecified atom stereocenters. The number of benzene rings is 1. The third-order valence-corrected chi connectivity index (χ3v) is 3.51. The van der Waals surface area contributed by atoms with E-state index in [1.54, 1.807) is 0 Å². The van der Waals surface area contributed by atoms with E-state index in [0.29, 0.717) is 6.42 Å². The second-order valence-corrected chi connectivity index (χ2v) is 5.10. The minimum atomic E-state index is -0.747. The van der Waals surface area contributed by atoms with Gasteiger partial charge in [0.15, 0.2) is 0 Å². The van der Waals surface area contributed by atoms with E-state index >= 15 is 0 Å². The molecule has 3 aromatic rings. The third kappa shape index (κ3) is 6.68. The summed E-state index contributed by atoms with van der Waals surface area (Å²) in [5.41, 5.74) is 2.08. The van der Waals surface area contributed by atoms with Gasteiger partial charge in [-0.1, -0.05) is 36.8 Å². The fourth-order valence-electron chi connectivity index (χ4n) is 2.33. The molecule has 23 heavy (non-hydrogen) atoms. The Balaban J connectivity index is 0.000000377. The topological polar surface area (TPSA) is 37.3 Å². The van der Waals surface area contributed by atoms with Crippen molar-refractivity contribution in [2.24, 2.45) is 0 Å². The number of carbonyl (C=O) groups is 1. The summed E-state index contributed by atoms with van der Waals surface area (Å²) in [5.74, 6) is -1.16. The third-order valence-electron chi connectivity index (χ3n) is 3.51. The Morgan fingerprint density at radius 2 is 1.61 bits per heavy atom. The quantitative estimate of drug-likeness (QED) is 0.540. The van der Waals surface area contributed by atoms with Crippen molar-refractivity contribution in [3.8, 4) is 0 Å². The minimum absolute atomic E-state index is 0. The summed E-state index contributed by atoms with van der Waals surface area (Å²) in [6.07, 6.45) is 1.45. The molecule has 0 bridgehead atoms. The summed E-state index contributed by atoms with van der Waals surface area (Å²) in [6, 6.07) is 27.4. The van der Waals surface area contributed by atoms with E-state index in [1.807, 2.05) is 84.9 Å². The van der Waals surface area contributed by atoms with Crippen LogP contribution in [0.4, 0.5) is 0 Å². The van der Waals surface area contributed by atoms with E-state index in [-0.39, 0.29) is 17.1 Å². The van der Waals surface area contributed by atoms with Crippen LogP contribution in [-0.2, 0) is 28.3 Å². The first kappa shape index (κ1) is 19.0. The summed E-state index contributed by atoms with van der Waals surface area (Å²) in [4.78, 5) is 11.3. The monoisotopic (exact) mass is 348 g/mol. The fourth-order valence-corrected chi connectivity index (χ4v) is 2.33. The van der Waals surface area contributed by atoms with E-state index in [4.69, 9.17) is 0 Å². The van der Waals surface area contributed by atoms with Crippen LogP contribution in [0.2, 0.25) is 0 Å². The molecule has 0 radical (unpaired) electrons. The molecule has 3 rings (SSSR count). The predicted molar refractivity (Wildman–Crippen MR) is 89.2 cm³/mol. The molecule has 1 N–H and O–H groups in total. The maximum atomic E-state index is 11.3. The van der Waals surface area contributed by atoms with Gasteiger partial charge in [0.2, 0.25) is 0 Å². The molecule has 1 atom stereocenters. The maximum Gasteiger partial charge on any atom is 2.00 e. The fraction of sp³-hybridized carbons (Fsp3) is 0.150. The van der Waals surface area contributed by atoms with Crippen LogP contribution >= 0.6 is 0 Å². The van der Waals surface area contributed by atoms with Crippen molar-refractivity contribution in [2.75, 3.05) is 0 Å². The van der Waals surface area contributed by atoms with Gasteiger partial charge in [-0.25, -0.2) is 24.3 Å². The SMILES string of the molecule is O=C(O)C(CC[c-]1cccc1)c1ccccc1.[Fe+2].c1cc[cH-]c1. The summed E-state index contributed by atoms with van der Waals surface area (Å²) < 4.78 is 0. The molecule has 0 aliphatic heterocycles. The Labute approximate surface area is 148 Å². The van der Waals surface area contributed by atoms with Gasteiger partial charge in [-0.2, -0.15) is 35.9 Å². The van der Waals surface area contributed by atoms with Crippen LogP contribution in [0.1, 0.15) is 23.5 Å². The van der Waals surface area contributed by atoms with Crippen LogP contribution in [-0.4, -0.2) is 11.1 Å². The number of aliphatic carboxylic acids is 1. The summed E-state index contributed by atoms with van der Waals surface area (Å²) in [6.45, 7) is 0. The Bertz CT molecular complexity index is 610. The number of carboxylic acid groups (broad SMARTS) is 1. The van der Waals surface area contributed by atoms with Crippen molar-refractivity contribution >= 4 is 5.97 Å². The van der Waals surface area contributed by atoms with Crippen molar-refractivity contribution in [3.63, 3.8) is 0 Å². The molecule has 0 aromatic heterocycles. The maximum absolute atomic E-state index is 11.3. The smallest absolute Gasteiger partial charge is 0.481 e. The second kappa shape index (κ2) is 10.6. The van der Waals surface area contributed by atoms with E-state index in [0.717, 1.165) is 12.0 Å². The van der Waals surface area contributed by atoms with Gasteiger partial charge in [-0.3, -0.25) is 4.79 Å². The first-order valence-corrected chi connectivity index (χ1v) is 7.42. The van der Waals surface area contributed by atoms with Crippen molar-refractivity contribution in [2.45, 2.75) is 18.8 Å². The molecule has 0 saturated heterocycles. The molecule has 120 valence electrons. The zero-order chi connectivity index (χ0) is 15.6. The van der Waals surface area contributed by atoms with Crippen molar-refractivity contribution in [3.05, 3.63) is 96.1 Å². The number of rotatable bonds is 5. The first-order chi connectivity index (χ1) is 10.8. The number of hydrogen-bond donors (Lipinski definition) is 1. The number of aryl methyl sites for hydroxylation is 1. The minimum Gasteiger partial charge on any atom is -0.481 e. The zero-order valence-electron chi connectivity index (χ0n) is 12.8. The largest absolute Gasteiger partial charge is 2.00 e. The van der Waals surface area contributed by atoms with Crippen LogP contribution in [0.15, 0.2) is 84.9 Å². The Morgan fingerprint density at radius 1 is 1.00 bits per heavy atom. The molecule has 0 saturated carbocycles. The second-order valence-electron chi connectivity index (χ2n) is 5.10. The molecule has 0 spiro atoms. The number of hydrogen-bond acceptors (Lipinski definition) is 1. The molecule has 3 aromatic carbocycles. The van der Waals surface area contributed by atoms with Gasteiger partial charge in [-0.15, -0.1) is 0 Å². The normalized spacial score (nSPS) is 10.8. The Hall–Kier alpha value is -2.09. The molecule has 0 fully saturated rings. The predicted octanol–water partition coefficient (Wildman–Crippen LogP) is 4.61. The van der Waals surface area contributed by atoms with Gasteiger partial charge < -0.3 is 5.11 Å². The van der Waals surface area contributed by atoms with Gasteiger partial charge in [0.05, 0.1) is 5.92 Å². The van der Waals surface area contributed by atoms with Crippen LogP contribution in [0, 0.1) is 0 Å². The Kier molecular flexibility index (Phi) is 8.74. The Morgan fingerprint density at radius 3 is 2.09 bits per heavy atom. The summed E-state index contributed by atoms with van der Waals surface area (Å²) >= 11 is 0. The molecule has 0 heterocycles. The van der Waals surface area contributed by atoms with Crippen molar-refractivity contribution < 1.29 is 27.0 Å². The molecule has 0 aliphatic carbocycles. The van der Waals surface area contributed by atoms with E-state index in [9.17, 15) is 9.90 Å².